The quantitative estimate of drug-likeness (QED) is 0.327. The Kier molecular flexibility index (Phi) is 7.14. The number of thioether (sulfide) groups is 1. The van der Waals surface area contributed by atoms with Crippen molar-refractivity contribution in [1.82, 2.24) is 0 Å². The number of allylic oxidation sites excluding steroid dienone is 1. The minimum absolute atomic E-state index is 0.147. The molecule has 7 heteroatoms. The molecule has 32 heavy (non-hydrogen) atoms. The number of hydrogen-bond donors (Lipinski definition) is 2. The van der Waals surface area contributed by atoms with Crippen LogP contribution in [0.2, 0.25) is 0 Å². The fourth-order valence-corrected chi connectivity index (χ4v) is 7.04. The van der Waals surface area contributed by atoms with Crippen molar-refractivity contribution in [3.63, 3.8) is 0 Å². The Hall–Kier alpha value is -2.01. The predicted molar refractivity (Wildman–Crippen MR) is 134 cm³/mol. The second-order valence-corrected chi connectivity index (χ2v) is 12.5. The predicted octanol–water partition coefficient (Wildman–Crippen LogP) is 6.83. The van der Waals surface area contributed by atoms with Crippen molar-refractivity contribution in [3.8, 4) is 0 Å². The zero-order valence-electron chi connectivity index (χ0n) is 18.6. The SMILES string of the molecule is CCP(=O)(Cc1ccc(C(=O)Nc2cc(C3SC=CC3C)ccc2N)cc1)OC1CCC1. The van der Waals surface area contributed by atoms with E-state index in [1.165, 1.54) is 0 Å². The van der Waals surface area contributed by atoms with Gasteiger partial charge in [0.15, 0.2) is 0 Å². The van der Waals surface area contributed by atoms with E-state index >= 15 is 0 Å². The second kappa shape index (κ2) is 9.86. The van der Waals surface area contributed by atoms with Crippen molar-refractivity contribution in [2.45, 2.75) is 50.6 Å². The highest BCUT2D eigenvalue weighted by Crippen LogP contribution is 2.53. The maximum Gasteiger partial charge on any atom is 0.255 e. The van der Waals surface area contributed by atoms with Crippen LogP contribution in [0.1, 0.15) is 59.8 Å². The molecule has 1 aliphatic heterocycles. The molecular formula is C25H31N2O3PS. The van der Waals surface area contributed by atoms with Gasteiger partial charge in [-0.15, -0.1) is 11.8 Å². The lowest BCUT2D eigenvalue weighted by molar-refractivity contribution is 0.102. The summed E-state index contributed by atoms with van der Waals surface area (Å²) in [6, 6.07) is 13.1. The van der Waals surface area contributed by atoms with Gasteiger partial charge in [-0.05, 0) is 66.0 Å². The van der Waals surface area contributed by atoms with Crippen LogP contribution in [0.3, 0.4) is 0 Å². The molecular weight excluding hydrogens is 439 g/mol. The summed E-state index contributed by atoms with van der Waals surface area (Å²) >= 11 is 1.78. The zero-order chi connectivity index (χ0) is 22.7. The van der Waals surface area contributed by atoms with Gasteiger partial charge in [0.2, 0.25) is 7.37 Å². The number of nitrogens with two attached hydrogens (primary N) is 1. The molecule has 4 rings (SSSR count). The number of anilines is 2. The van der Waals surface area contributed by atoms with E-state index in [2.05, 4.69) is 23.7 Å². The fourth-order valence-electron chi connectivity index (χ4n) is 3.93. The maximum absolute atomic E-state index is 13.1. The molecule has 0 bridgehead atoms. The minimum Gasteiger partial charge on any atom is -0.397 e. The number of carbonyl (C=O) groups excluding carboxylic acids is 1. The lowest BCUT2D eigenvalue weighted by Crippen LogP contribution is -2.21. The smallest absolute Gasteiger partial charge is 0.255 e. The molecule has 5 nitrogen and oxygen atoms in total. The minimum atomic E-state index is -2.69. The Morgan fingerprint density at radius 1 is 1.22 bits per heavy atom. The van der Waals surface area contributed by atoms with Crippen LogP contribution in [0.15, 0.2) is 53.9 Å². The van der Waals surface area contributed by atoms with Gasteiger partial charge in [-0.25, -0.2) is 0 Å². The first-order valence-electron chi connectivity index (χ1n) is 11.3. The molecule has 170 valence electrons. The summed E-state index contributed by atoms with van der Waals surface area (Å²) in [6.45, 7) is 4.10. The molecule has 3 N–H and O–H groups in total. The van der Waals surface area contributed by atoms with Crippen molar-refractivity contribution in [2.24, 2.45) is 5.92 Å². The van der Waals surface area contributed by atoms with E-state index in [0.717, 1.165) is 30.4 Å². The molecule has 2 aliphatic rings. The van der Waals surface area contributed by atoms with Gasteiger partial charge in [0.05, 0.1) is 17.5 Å². The van der Waals surface area contributed by atoms with Crippen LogP contribution in [0.5, 0.6) is 0 Å². The Balaban J connectivity index is 1.42. The number of nitrogens with one attached hydrogen (secondary N) is 1. The van der Waals surface area contributed by atoms with E-state index in [1.54, 1.807) is 23.9 Å². The molecule has 0 aromatic heterocycles. The summed E-state index contributed by atoms with van der Waals surface area (Å²) in [5.74, 6) is 0.224. The van der Waals surface area contributed by atoms with Crippen LogP contribution in [-0.4, -0.2) is 18.2 Å². The second-order valence-electron chi connectivity index (χ2n) is 8.69. The van der Waals surface area contributed by atoms with E-state index in [4.69, 9.17) is 10.3 Å². The average molecular weight is 471 g/mol. The molecule has 3 unspecified atom stereocenters. The average Bonchev–Trinajstić information content (AvgIpc) is 3.19. The third-order valence-corrected chi connectivity index (χ3v) is 10.1. The zero-order valence-corrected chi connectivity index (χ0v) is 20.3. The number of nitrogen functional groups attached to an aromatic ring is 1. The normalized spacial score (nSPS) is 22.3. The molecule has 2 aromatic rings. The number of benzene rings is 2. The highest BCUT2D eigenvalue weighted by Gasteiger charge is 2.29. The van der Waals surface area contributed by atoms with Gasteiger partial charge in [-0.2, -0.15) is 0 Å². The van der Waals surface area contributed by atoms with Crippen molar-refractivity contribution >= 4 is 36.4 Å². The summed E-state index contributed by atoms with van der Waals surface area (Å²) in [5.41, 5.74) is 9.91. The molecule has 0 saturated heterocycles. The van der Waals surface area contributed by atoms with Crippen molar-refractivity contribution < 1.29 is 13.9 Å². The van der Waals surface area contributed by atoms with Gasteiger partial charge < -0.3 is 15.6 Å². The first-order chi connectivity index (χ1) is 15.4. The first-order valence-corrected chi connectivity index (χ1v) is 14.2. The van der Waals surface area contributed by atoms with Gasteiger partial charge in [-0.1, -0.05) is 38.1 Å². The van der Waals surface area contributed by atoms with E-state index in [9.17, 15) is 9.36 Å². The molecule has 1 fully saturated rings. The maximum atomic E-state index is 13.1. The lowest BCUT2D eigenvalue weighted by Gasteiger charge is -2.30. The number of amides is 1. The summed E-state index contributed by atoms with van der Waals surface area (Å²) in [4.78, 5) is 12.8. The van der Waals surface area contributed by atoms with Gasteiger partial charge in [0.1, 0.15) is 0 Å². The van der Waals surface area contributed by atoms with Gasteiger partial charge in [0.25, 0.3) is 5.91 Å². The molecule has 3 atom stereocenters. The van der Waals surface area contributed by atoms with Gasteiger partial charge in [-0.3, -0.25) is 9.36 Å². The van der Waals surface area contributed by atoms with Crippen LogP contribution in [0.4, 0.5) is 11.4 Å². The van der Waals surface area contributed by atoms with E-state index in [1.807, 2.05) is 37.3 Å². The highest BCUT2D eigenvalue weighted by atomic mass is 32.2. The van der Waals surface area contributed by atoms with Crippen LogP contribution in [0, 0.1) is 5.92 Å². The Morgan fingerprint density at radius 2 is 1.97 bits per heavy atom. The van der Waals surface area contributed by atoms with Gasteiger partial charge in [0, 0.05) is 23.1 Å². The molecule has 0 radical (unpaired) electrons. The Bertz CT molecular complexity index is 1050. The summed E-state index contributed by atoms with van der Waals surface area (Å²) in [7, 11) is -2.69. The van der Waals surface area contributed by atoms with Crippen LogP contribution in [0.25, 0.3) is 0 Å². The Morgan fingerprint density at radius 3 is 2.56 bits per heavy atom. The fraction of sp³-hybridized carbons (Fsp3) is 0.400. The van der Waals surface area contributed by atoms with Crippen LogP contribution in [-0.2, 0) is 15.3 Å². The standard InChI is InChI=1S/C25H31N2O3PS/c1-3-31(29,30-21-5-4-6-21)16-18-7-9-19(10-8-18)25(28)27-23-15-20(11-12-22(23)26)24-17(2)13-14-32-24/h7-15,17,21,24H,3-6,16,26H2,1-2H3,(H,27,28). The molecule has 1 heterocycles. The van der Waals surface area contributed by atoms with E-state index < -0.39 is 7.37 Å². The topological polar surface area (TPSA) is 81.4 Å². The van der Waals surface area contributed by atoms with Gasteiger partial charge >= 0.3 is 0 Å². The van der Waals surface area contributed by atoms with E-state index in [-0.39, 0.29) is 12.0 Å². The number of rotatable bonds is 8. The number of hydrogen-bond acceptors (Lipinski definition) is 5. The molecule has 1 aliphatic carbocycles. The molecule has 1 saturated carbocycles. The molecule has 0 spiro atoms. The third-order valence-electron chi connectivity index (χ3n) is 6.25. The monoisotopic (exact) mass is 470 g/mol. The van der Waals surface area contributed by atoms with Crippen molar-refractivity contribution in [2.75, 3.05) is 17.2 Å². The van der Waals surface area contributed by atoms with Crippen molar-refractivity contribution in [1.29, 1.82) is 0 Å². The summed E-state index contributed by atoms with van der Waals surface area (Å²) in [6.07, 6.45) is 6.43. The van der Waals surface area contributed by atoms with Crippen LogP contribution < -0.4 is 11.1 Å². The van der Waals surface area contributed by atoms with E-state index in [0.29, 0.717) is 40.4 Å². The summed E-state index contributed by atoms with van der Waals surface area (Å²) in [5, 5.41) is 5.41. The largest absolute Gasteiger partial charge is 0.397 e. The van der Waals surface area contributed by atoms with Crippen LogP contribution >= 0.6 is 19.1 Å². The molecule has 2 aromatic carbocycles. The summed E-state index contributed by atoms with van der Waals surface area (Å²) < 4.78 is 19.0. The number of carbonyl (C=O) groups is 1. The lowest BCUT2D eigenvalue weighted by atomic mass is 9.97. The van der Waals surface area contributed by atoms with Crippen molar-refractivity contribution in [3.05, 3.63) is 70.6 Å². The Labute approximate surface area is 194 Å². The first kappa shape index (κ1) is 23.2. The molecule has 1 amide bonds. The third kappa shape index (κ3) is 5.31. The highest BCUT2D eigenvalue weighted by molar-refractivity contribution is 8.02.